The van der Waals surface area contributed by atoms with E-state index in [1.165, 1.54) is 12.1 Å². The SMILES string of the molecule is CNC(=S)N1CCN(c2ccc(F)cc2)CC1CCCC=O. The van der Waals surface area contributed by atoms with Crippen molar-refractivity contribution in [2.75, 3.05) is 31.6 Å². The van der Waals surface area contributed by atoms with Crippen molar-refractivity contribution in [2.45, 2.75) is 25.3 Å². The fourth-order valence-corrected chi connectivity index (χ4v) is 3.08. The summed E-state index contributed by atoms with van der Waals surface area (Å²) < 4.78 is 13.1. The van der Waals surface area contributed by atoms with E-state index in [-0.39, 0.29) is 11.9 Å². The lowest BCUT2D eigenvalue weighted by atomic mass is 10.0. The van der Waals surface area contributed by atoms with Crippen molar-refractivity contribution in [1.82, 2.24) is 10.2 Å². The van der Waals surface area contributed by atoms with Crippen molar-refractivity contribution in [3.05, 3.63) is 30.1 Å². The molecule has 22 heavy (non-hydrogen) atoms. The molecule has 0 bridgehead atoms. The summed E-state index contributed by atoms with van der Waals surface area (Å²) in [5.41, 5.74) is 1.02. The molecule has 1 unspecified atom stereocenters. The van der Waals surface area contributed by atoms with Gasteiger partial charge in [0.1, 0.15) is 12.1 Å². The molecule has 6 heteroatoms. The van der Waals surface area contributed by atoms with Crippen molar-refractivity contribution in [1.29, 1.82) is 0 Å². The first-order valence-corrected chi connectivity index (χ1v) is 7.99. The minimum Gasteiger partial charge on any atom is -0.368 e. The highest BCUT2D eigenvalue weighted by Crippen LogP contribution is 2.22. The second-order valence-electron chi connectivity index (χ2n) is 5.42. The van der Waals surface area contributed by atoms with Gasteiger partial charge in [-0.1, -0.05) is 0 Å². The van der Waals surface area contributed by atoms with E-state index < -0.39 is 0 Å². The Bertz CT molecular complexity index is 509. The second-order valence-corrected chi connectivity index (χ2v) is 5.81. The normalized spacial score (nSPS) is 18.2. The van der Waals surface area contributed by atoms with Gasteiger partial charge in [0, 0.05) is 44.8 Å². The number of carbonyl (C=O) groups is 1. The molecule has 1 N–H and O–H groups in total. The van der Waals surface area contributed by atoms with Crippen molar-refractivity contribution >= 4 is 29.3 Å². The number of carbonyl (C=O) groups excluding carboxylic acids is 1. The summed E-state index contributed by atoms with van der Waals surface area (Å²) in [5.74, 6) is -0.221. The first-order valence-electron chi connectivity index (χ1n) is 7.58. The van der Waals surface area contributed by atoms with Crippen LogP contribution in [0.1, 0.15) is 19.3 Å². The zero-order valence-corrected chi connectivity index (χ0v) is 13.6. The molecule has 2 rings (SSSR count). The lowest BCUT2D eigenvalue weighted by Crippen LogP contribution is -2.57. The Balaban J connectivity index is 2.06. The first-order chi connectivity index (χ1) is 10.7. The number of anilines is 1. The summed E-state index contributed by atoms with van der Waals surface area (Å²) >= 11 is 5.38. The van der Waals surface area contributed by atoms with Gasteiger partial charge in [0.15, 0.2) is 5.11 Å². The number of hydrogen-bond acceptors (Lipinski definition) is 3. The van der Waals surface area contributed by atoms with Crippen LogP contribution in [0.4, 0.5) is 10.1 Å². The Labute approximate surface area is 136 Å². The molecule has 0 spiro atoms. The molecule has 1 heterocycles. The second kappa shape index (κ2) is 8.08. The van der Waals surface area contributed by atoms with Gasteiger partial charge in [-0.3, -0.25) is 0 Å². The standard InChI is InChI=1S/C16H22FN3OS/c1-18-16(22)20-10-9-19(12-15(20)4-2-3-11-21)14-7-5-13(17)6-8-14/h5-8,11,15H,2-4,9-10,12H2,1H3,(H,18,22). The molecule has 0 aliphatic carbocycles. The lowest BCUT2D eigenvalue weighted by molar-refractivity contribution is -0.108. The number of unbranched alkanes of at least 4 members (excludes halogenated alkanes) is 1. The van der Waals surface area contributed by atoms with Gasteiger partial charge >= 0.3 is 0 Å². The largest absolute Gasteiger partial charge is 0.368 e. The van der Waals surface area contributed by atoms with Crippen LogP contribution in [0.2, 0.25) is 0 Å². The number of thiocarbonyl (C=S) groups is 1. The molecular formula is C16H22FN3OS. The van der Waals surface area contributed by atoms with Gasteiger partial charge in [-0.05, 0) is 49.3 Å². The molecule has 0 saturated carbocycles. The smallest absolute Gasteiger partial charge is 0.169 e. The molecule has 1 fully saturated rings. The number of hydrogen-bond donors (Lipinski definition) is 1. The number of benzene rings is 1. The molecule has 0 aromatic heterocycles. The molecule has 0 amide bonds. The fourth-order valence-electron chi connectivity index (χ4n) is 2.84. The van der Waals surface area contributed by atoms with Crippen LogP contribution in [0.15, 0.2) is 24.3 Å². The van der Waals surface area contributed by atoms with Crippen LogP contribution in [-0.4, -0.2) is 49.0 Å². The van der Waals surface area contributed by atoms with Crippen LogP contribution < -0.4 is 10.2 Å². The topological polar surface area (TPSA) is 35.6 Å². The van der Waals surface area contributed by atoms with Gasteiger partial charge in [0.2, 0.25) is 0 Å². The number of piperazine rings is 1. The predicted molar refractivity (Wildman–Crippen MR) is 90.7 cm³/mol. The summed E-state index contributed by atoms with van der Waals surface area (Å²) in [6.07, 6.45) is 3.31. The van der Waals surface area contributed by atoms with Crippen molar-refractivity contribution in [2.24, 2.45) is 0 Å². The highest BCUT2D eigenvalue weighted by Gasteiger charge is 2.28. The van der Waals surface area contributed by atoms with E-state index in [1.54, 1.807) is 0 Å². The van der Waals surface area contributed by atoms with Crippen LogP contribution in [0.3, 0.4) is 0 Å². The van der Waals surface area contributed by atoms with Crippen LogP contribution in [0.25, 0.3) is 0 Å². The highest BCUT2D eigenvalue weighted by atomic mass is 32.1. The molecular weight excluding hydrogens is 301 g/mol. The molecule has 1 aromatic rings. The van der Waals surface area contributed by atoms with Crippen LogP contribution in [0, 0.1) is 5.82 Å². The van der Waals surface area contributed by atoms with Crippen LogP contribution in [-0.2, 0) is 4.79 Å². The van der Waals surface area contributed by atoms with Crippen LogP contribution in [0.5, 0.6) is 0 Å². The quantitative estimate of drug-likeness (QED) is 0.511. The number of nitrogens with zero attached hydrogens (tertiary/aromatic N) is 2. The summed E-state index contributed by atoms with van der Waals surface area (Å²) in [5, 5.41) is 3.78. The maximum absolute atomic E-state index is 13.1. The van der Waals surface area contributed by atoms with Crippen LogP contribution >= 0.6 is 12.2 Å². The Morgan fingerprint density at radius 3 is 2.77 bits per heavy atom. The maximum Gasteiger partial charge on any atom is 0.169 e. The van der Waals surface area contributed by atoms with Gasteiger partial charge in [-0.25, -0.2) is 4.39 Å². The van der Waals surface area contributed by atoms with Gasteiger partial charge in [0.05, 0.1) is 0 Å². The highest BCUT2D eigenvalue weighted by molar-refractivity contribution is 7.80. The maximum atomic E-state index is 13.1. The van der Waals surface area contributed by atoms with E-state index in [0.29, 0.717) is 6.42 Å². The predicted octanol–water partition coefficient (Wildman–Crippen LogP) is 2.19. The molecule has 0 radical (unpaired) electrons. The van der Waals surface area contributed by atoms with E-state index >= 15 is 0 Å². The third kappa shape index (κ3) is 4.16. The fraction of sp³-hybridized carbons (Fsp3) is 0.500. The zero-order chi connectivity index (χ0) is 15.9. The van der Waals surface area contributed by atoms with Crippen molar-refractivity contribution < 1.29 is 9.18 Å². The van der Waals surface area contributed by atoms with E-state index in [1.807, 2.05) is 19.2 Å². The van der Waals surface area contributed by atoms with Gasteiger partial charge < -0.3 is 19.9 Å². The van der Waals surface area contributed by atoms with Gasteiger partial charge in [-0.2, -0.15) is 0 Å². The number of aldehydes is 1. The first kappa shape index (κ1) is 16.7. The van der Waals surface area contributed by atoms with E-state index in [2.05, 4.69) is 15.1 Å². The molecule has 1 aliphatic rings. The lowest BCUT2D eigenvalue weighted by Gasteiger charge is -2.43. The van der Waals surface area contributed by atoms with E-state index in [9.17, 15) is 9.18 Å². The molecule has 1 saturated heterocycles. The molecule has 120 valence electrons. The zero-order valence-electron chi connectivity index (χ0n) is 12.8. The third-order valence-corrected chi connectivity index (χ3v) is 4.45. The number of halogens is 1. The monoisotopic (exact) mass is 323 g/mol. The van der Waals surface area contributed by atoms with E-state index in [4.69, 9.17) is 12.2 Å². The van der Waals surface area contributed by atoms with E-state index in [0.717, 1.165) is 49.6 Å². The molecule has 1 atom stereocenters. The summed E-state index contributed by atoms with van der Waals surface area (Å²) in [6, 6.07) is 6.86. The Kier molecular flexibility index (Phi) is 6.12. The van der Waals surface area contributed by atoms with Gasteiger partial charge in [-0.15, -0.1) is 0 Å². The minimum absolute atomic E-state index is 0.221. The number of rotatable bonds is 5. The molecule has 1 aromatic carbocycles. The minimum atomic E-state index is -0.221. The molecule has 1 aliphatic heterocycles. The van der Waals surface area contributed by atoms with Crippen molar-refractivity contribution in [3.63, 3.8) is 0 Å². The summed E-state index contributed by atoms with van der Waals surface area (Å²) in [7, 11) is 1.83. The third-order valence-electron chi connectivity index (χ3n) is 4.01. The Morgan fingerprint density at radius 2 is 2.14 bits per heavy atom. The van der Waals surface area contributed by atoms with Crippen molar-refractivity contribution in [3.8, 4) is 0 Å². The molecule has 4 nitrogen and oxygen atoms in total. The van der Waals surface area contributed by atoms with Gasteiger partial charge in [0.25, 0.3) is 0 Å². The Morgan fingerprint density at radius 1 is 1.41 bits per heavy atom. The average Bonchev–Trinajstić information content (AvgIpc) is 2.55. The Hall–Kier alpha value is -1.69. The number of nitrogens with one attached hydrogen (secondary N) is 1. The summed E-state index contributed by atoms with van der Waals surface area (Å²) in [6.45, 7) is 2.49. The average molecular weight is 323 g/mol. The summed E-state index contributed by atoms with van der Waals surface area (Å²) in [4.78, 5) is 15.0.